The molecule has 0 unspecified atom stereocenters. The third-order valence-corrected chi connectivity index (χ3v) is 5.02. The number of alkyl halides is 3. The van der Waals surface area contributed by atoms with Crippen molar-refractivity contribution in [3.63, 3.8) is 0 Å². The molecule has 1 fully saturated rings. The van der Waals surface area contributed by atoms with Crippen LogP contribution in [0.3, 0.4) is 0 Å². The van der Waals surface area contributed by atoms with Gasteiger partial charge in [0.1, 0.15) is 18.0 Å². The van der Waals surface area contributed by atoms with Gasteiger partial charge < -0.3 is 14.0 Å². The lowest BCUT2D eigenvalue weighted by Gasteiger charge is -2.35. The van der Waals surface area contributed by atoms with Gasteiger partial charge in [-0.3, -0.25) is 0 Å². The van der Waals surface area contributed by atoms with E-state index in [2.05, 4.69) is 4.74 Å². The molecule has 27 heavy (non-hydrogen) atoms. The first-order valence-electron chi connectivity index (χ1n) is 8.41. The van der Waals surface area contributed by atoms with Crippen molar-refractivity contribution in [2.45, 2.75) is 50.8 Å². The minimum Gasteiger partial charge on any atom is -0.748 e. The second kappa shape index (κ2) is 8.05. The second-order valence-corrected chi connectivity index (χ2v) is 8.24. The molecule has 0 heterocycles. The Hall–Kier alpha value is -1.81. The molecule has 1 aliphatic carbocycles. The van der Waals surface area contributed by atoms with Gasteiger partial charge in [0.05, 0.1) is 27.0 Å². The van der Waals surface area contributed by atoms with E-state index >= 15 is 0 Å². The number of ether oxygens (including phenoxy) is 2. The lowest BCUT2D eigenvalue weighted by Crippen LogP contribution is -2.35. The van der Waals surface area contributed by atoms with Gasteiger partial charge in [-0.1, -0.05) is 6.42 Å². The third kappa shape index (κ3) is 6.39. The van der Waals surface area contributed by atoms with Crippen molar-refractivity contribution in [2.75, 3.05) is 12.4 Å². The highest BCUT2D eigenvalue weighted by molar-refractivity contribution is 7.85. The van der Waals surface area contributed by atoms with Crippen LogP contribution < -0.4 is 4.74 Å². The van der Waals surface area contributed by atoms with E-state index < -0.39 is 51.5 Å². The van der Waals surface area contributed by atoms with Gasteiger partial charge >= 0.3 is 12.1 Å². The summed E-state index contributed by atoms with van der Waals surface area (Å²) in [6.45, 7) is 1.05. The van der Waals surface area contributed by atoms with Crippen LogP contribution in [-0.2, 0) is 21.0 Å². The molecule has 0 aliphatic heterocycles. The van der Waals surface area contributed by atoms with Crippen LogP contribution in [0.15, 0.2) is 18.2 Å². The molecule has 1 aliphatic rings. The molecule has 6 nitrogen and oxygen atoms in total. The smallest absolute Gasteiger partial charge is 0.419 e. The number of esters is 1. The molecule has 0 radical (unpaired) electrons. The van der Waals surface area contributed by atoms with Gasteiger partial charge in [0, 0.05) is 0 Å². The summed E-state index contributed by atoms with van der Waals surface area (Å²) in [6.07, 6.45) is -0.813. The minimum absolute atomic E-state index is 0.222. The van der Waals surface area contributed by atoms with E-state index in [1.54, 1.807) is 6.92 Å². The summed E-state index contributed by atoms with van der Waals surface area (Å²) in [5.74, 6) is -2.43. The maximum absolute atomic E-state index is 13.3. The van der Waals surface area contributed by atoms with Crippen LogP contribution in [0.2, 0.25) is 0 Å². The van der Waals surface area contributed by atoms with Gasteiger partial charge in [0.2, 0.25) is 0 Å². The summed E-state index contributed by atoms with van der Waals surface area (Å²) in [6, 6.07) is 2.59. The van der Waals surface area contributed by atoms with E-state index in [1.165, 1.54) is 0 Å². The highest BCUT2D eigenvalue weighted by Crippen LogP contribution is 2.40. The lowest BCUT2D eigenvalue weighted by atomic mass is 9.86. The number of rotatable bonds is 6. The second-order valence-electron chi connectivity index (χ2n) is 6.72. The van der Waals surface area contributed by atoms with E-state index in [-0.39, 0.29) is 5.56 Å². The average molecular weight is 409 g/mol. The first-order valence-corrected chi connectivity index (χ1v) is 9.98. The Morgan fingerprint density at radius 2 is 1.85 bits per heavy atom. The van der Waals surface area contributed by atoms with Crippen molar-refractivity contribution in [3.05, 3.63) is 29.3 Å². The molecule has 0 atom stereocenters. The number of hydrogen-bond donors (Lipinski definition) is 0. The molecule has 0 saturated heterocycles. The zero-order chi connectivity index (χ0) is 20.3. The molecule has 0 aromatic heterocycles. The first-order chi connectivity index (χ1) is 12.4. The van der Waals surface area contributed by atoms with Crippen molar-refractivity contribution >= 4 is 16.1 Å². The first kappa shape index (κ1) is 21.5. The van der Waals surface area contributed by atoms with Crippen LogP contribution in [0.4, 0.5) is 13.2 Å². The zero-order valence-electron chi connectivity index (χ0n) is 14.7. The normalized spacial score (nSPS) is 17.4. The van der Waals surface area contributed by atoms with Crippen molar-refractivity contribution in [1.82, 2.24) is 0 Å². The van der Waals surface area contributed by atoms with Crippen LogP contribution in [0.5, 0.6) is 5.75 Å². The summed E-state index contributed by atoms with van der Waals surface area (Å²) in [4.78, 5) is 12.0. The van der Waals surface area contributed by atoms with Gasteiger partial charge in [-0.25, -0.2) is 13.2 Å². The molecule has 152 valence electrons. The Labute approximate surface area is 155 Å². The molecule has 1 aromatic carbocycles. The number of hydrogen-bond acceptors (Lipinski definition) is 6. The van der Waals surface area contributed by atoms with Crippen molar-refractivity contribution in [2.24, 2.45) is 0 Å². The fourth-order valence-corrected chi connectivity index (χ4v) is 3.24. The molecule has 1 aromatic rings. The third-order valence-electron chi connectivity index (χ3n) is 4.36. The Morgan fingerprint density at radius 1 is 1.22 bits per heavy atom. The van der Waals surface area contributed by atoms with Gasteiger partial charge in [0.25, 0.3) is 0 Å². The summed E-state index contributed by atoms with van der Waals surface area (Å²) < 4.78 is 81.8. The molecule has 0 N–H and O–H groups in total. The predicted molar refractivity (Wildman–Crippen MR) is 88.4 cm³/mol. The van der Waals surface area contributed by atoms with Gasteiger partial charge in [0.15, 0.2) is 0 Å². The zero-order valence-corrected chi connectivity index (χ0v) is 15.5. The molecule has 10 heteroatoms. The van der Waals surface area contributed by atoms with E-state index in [1.807, 2.05) is 0 Å². The largest absolute Gasteiger partial charge is 0.748 e. The number of carbonyl (C=O) groups excluding carboxylic acids is 1. The SMILES string of the molecule is CC1(Oc2cc(C(=O)OCCS(=O)(=O)[O-])ccc2C(F)(F)F)CCCCC1. The van der Waals surface area contributed by atoms with E-state index in [0.29, 0.717) is 12.8 Å². The average Bonchev–Trinajstić information content (AvgIpc) is 2.52. The summed E-state index contributed by atoms with van der Waals surface area (Å²) in [5, 5.41) is 0. The van der Waals surface area contributed by atoms with Crippen LogP contribution in [0.25, 0.3) is 0 Å². The van der Waals surface area contributed by atoms with E-state index in [4.69, 9.17) is 4.74 Å². The Kier molecular flexibility index (Phi) is 6.41. The number of benzene rings is 1. The maximum atomic E-state index is 13.3. The highest BCUT2D eigenvalue weighted by Gasteiger charge is 2.38. The fourth-order valence-electron chi connectivity index (χ4n) is 2.95. The predicted octanol–water partition coefficient (Wildman–Crippen LogP) is 3.51. The van der Waals surface area contributed by atoms with Crippen molar-refractivity contribution < 1.29 is 40.4 Å². The fraction of sp³-hybridized carbons (Fsp3) is 0.588. The maximum Gasteiger partial charge on any atom is 0.419 e. The molecular formula is C17H20F3O6S-. The monoisotopic (exact) mass is 409 g/mol. The van der Waals surface area contributed by atoms with Crippen LogP contribution in [0.1, 0.15) is 54.9 Å². The lowest BCUT2D eigenvalue weighted by molar-refractivity contribution is -0.140. The quantitative estimate of drug-likeness (QED) is 0.527. The Balaban J connectivity index is 2.24. The summed E-state index contributed by atoms with van der Waals surface area (Å²) in [5.41, 5.74) is -1.99. The number of carbonyl (C=O) groups is 1. The van der Waals surface area contributed by atoms with E-state index in [0.717, 1.165) is 37.5 Å². The minimum atomic E-state index is -4.67. The topological polar surface area (TPSA) is 92.7 Å². The molecule has 1 saturated carbocycles. The molecule has 0 bridgehead atoms. The van der Waals surface area contributed by atoms with Crippen LogP contribution >= 0.6 is 0 Å². The highest BCUT2D eigenvalue weighted by atomic mass is 32.2. The van der Waals surface area contributed by atoms with Gasteiger partial charge in [-0.2, -0.15) is 13.2 Å². The van der Waals surface area contributed by atoms with Gasteiger partial charge in [-0.05, 0) is 50.8 Å². The Bertz CT molecular complexity index is 782. The molecular weight excluding hydrogens is 389 g/mol. The van der Waals surface area contributed by atoms with Crippen molar-refractivity contribution in [3.8, 4) is 5.75 Å². The summed E-state index contributed by atoms with van der Waals surface area (Å²) in [7, 11) is -4.56. The van der Waals surface area contributed by atoms with Crippen LogP contribution in [0, 0.1) is 0 Å². The van der Waals surface area contributed by atoms with Crippen LogP contribution in [-0.4, -0.2) is 36.9 Å². The standard InChI is InChI=1S/C17H21F3O6S/c1-16(7-3-2-4-8-16)26-14-11-12(5-6-13(14)17(18,19)20)15(21)25-9-10-27(22,23)24/h5-6,11H,2-4,7-10H2,1H3,(H,22,23,24)/p-1. The van der Waals surface area contributed by atoms with Crippen molar-refractivity contribution in [1.29, 1.82) is 0 Å². The summed E-state index contributed by atoms with van der Waals surface area (Å²) >= 11 is 0. The van der Waals surface area contributed by atoms with Gasteiger partial charge in [-0.15, -0.1) is 0 Å². The van der Waals surface area contributed by atoms with E-state index in [9.17, 15) is 30.9 Å². The molecule has 2 rings (SSSR count). The molecule has 0 spiro atoms. The molecule has 0 amide bonds. The Morgan fingerprint density at radius 3 is 2.41 bits per heavy atom. The number of halogens is 3.